The van der Waals surface area contributed by atoms with Gasteiger partial charge in [0.15, 0.2) is 0 Å². The van der Waals surface area contributed by atoms with E-state index < -0.39 is 45.5 Å². The van der Waals surface area contributed by atoms with Crippen molar-refractivity contribution in [3.05, 3.63) is 28.7 Å². The third kappa shape index (κ3) is 4.86. The third-order valence-corrected chi connectivity index (χ3v) is 4.15. The SMILES string of the molecule is CN(CC(=O)NCC(F)(F)F)S(=O)(=O)c1c[nH]ccc1=O. The van der Waals surface area contributed by atoms with E-state index in [-0.39, 0.29) is 0 Å². The molecule has 0 aliphatic rings. The number of carbonyl (C=O) groups is 1. The van der Waals surface area contributed by atoms with Gasteiger partial charge in [-0.05, 0) is 0 Å². The van der Waals surface area contributed by atoms with Gasteiger partial charge in [0, 0.05) is 25.5 Å². The molecule has 0 aliphatic heterocycles. The maximum Gasteiger partial charge on any atom is 0.405 e. The third-order valence-electron chi connectivity index (χ3n) is 2.33. The Hall–Kier alpha value is -1.88. The molecule has 1 aromatic heterocycles. The van der Waals surface area contributed by atoms with Gasteiger partial charge in [-0.15, -0.1) is 0 Å². The van der Waals surface area contributed by atoms with Gasteiger partial charge in [0.1, 0.15) is 11.4 Å². The summed E-state index contributed by atoms with van der Waals surface area (Å²) in [5, 5.41) is 1.54. The fraction of sp³-hybridized carbons (Fsp3) is 0.400. The van der Waals surface area contributed by atoms with Crippen LogP contribution < -0.4 is 10.7 Å². The number of carbonyl (C=O) groups excluding carboxylic acids is 1. The Balaban J connectivity index is 2.80. The summed E-state index contributed by atoms with van der Waals surface area (Å²) in [6, 6.07) is 0.977. The number of H-pyrrole nitrogens is 1. The highest BCUT2D eigenvalue weighted by Crippen LogP contribution is 2.12. The van der Waals surface area contributed by atoms with Crippen molar-refractivity contribution in [2.45, 2.75) is 11.1 Å². The van der Waals surface area contributed by atoms with Crippen LogP contribution in [-0.2, 0) is 14.8 Å². The van der Waals surface area contributed by atoms with Crippen molar-refractivity contribution >= 4 is 15.9 Å². The summed E-state index contributed by atoms with van der Waals surface area (Å²) >= 11 is 0. The van der Waals surface area contributed by atoms with Crippen molar-refractivity contribution in [1.29, 1.82) is 0 Å². The number of nitrogens with one attached hydrogen (secondary N) is 2. The molecule has 0 saturated heterocycles. The first-order valence-corrected chi connectivity index (χ1v) is 6.95. The molecule has 0 bridgehead atoms. The maximum atomic E-state index is 12.0. The van der Waals surface area contributed by atoms with Gasteiger partial charge in [-0.1, -0.05) is 0 Å². The van der Waals surface area contributed by atoms with Crippen LogP contribution in [0.3, 0.4) is 0 Å². The highest BCUT2D eigenvalue weighted by Gasteiger charge is 2.29. The van der Waals surface area contributed by atoms with Gasteiger partial charge in [-0.3, -0.25) is 9.59 Å². The van der Waals surface area contributed by atoms with Crippen LogP contribution in [0.5, 0.6) is 0 Å². The first-order chi connectivity index (χ1) is 9.54. The standard InChI is InChI=1S/C10H12F3N3O4S/c1-16(5-9(18)15-6-10(11,12)13)21(19,20)8-4-14-3-2-7(8)17/h2-4H,5-6H2,1H3,(H,14,17)(H,15,18). The Morgan fingerprint density at radius 3 is 2.57 bits per heavy atom. The van der Waals surface area contributed by atoms with Gasteiger partial charge in [0.05, 0.1) is 6.54 Å². The second-order valence-electron chi connectivity index (χ2n) is 4.03. The predicted octanol–water partition coefficient (Wildman–Crippen LogP) is -0.326. The van der Waals surface area contributed by atoms with Gasteiger partial charge in [0.2, 0.25) is 21.4 Å². The van der Waals surface area contributed by atoms with E-state index in [0.29, 0.717) is 4.31 Å². The van der Waals surface area contributed by atoms with Crippen LogP contribution >= 0.6 is 0 Å². The number of nitrogens with zero attached hydrogens (tertiary/aromatic N) is 1. The van der Waals surface area contributed by atoms with Crippen LogP contribution in [0.15, 0.2) is 28.2 Å². The zero-order valence-corrected chi connectivity index (χ0v) is 11.6. The summed E-state index contributed by atoms with van der Waals surface area (Å²) < 4.78 is 60.2. The van der Waals surface area contributed by atoms with E-state index in [1.165, 1.54) is 11.5 Å². The van der Waals surface area contributed by atoms with E-state index in [1.54, 1.807) is 0 Å². The largest absolute Gasteiger partial charge is 0.405 e. The lowest BCUT2D eigenvalue weighted by molar-refractivity contribution is -0.138. The number of alkyl halides is 3. The molecule has 0 spiro atoms. The summed E-state index contributed by atoms with van der Waals surface area (Å²) in [5.74, 6) is -1.13. The van der Waals surface area contributed by atoms with E-state index in [0.717, 1.165) is 19.3 Å². The molecule has 21 heavy (non-hydrogen) atoms. The second kappa shape index (κ2) is 6.26. The Labute approximate surface area is 117 Å². The van der Waals surface area contributed by atoms with Gasteiger partial charge in [0.25, 0.3) is 0 Å². The molecule has 11 heteroatoms. The van der Waals surface area contributed by atoms with Gasteiger partial charge in [-0.2, -0.15) is 17.5 Å². The number of hydrogen-bond donors (Lipinski definition) is 2. The molecule has 0 fully saturated rings. The molecule has 1 aromatic rings. The summed E-state index contributed by atoms with van der Waals surface area (Å²) in [6.45, 7) is -2.40. The molecule has 0 unspecified atom stereocenters. The van der Waals surface area contributed by atoms with E-state index in [4.69, 9.17) is 0 Å². The molecule has 118 valence electrons. The summed E-state index contributed by atoms with van der Waals surface area (Å²) in [5.41, 5.74) is -0.795. The summed E-state index contributed by atoms with van der Waals surface area (Å²) in [7, 11) is -3.29. The topological polar surface area (TPSA) is 99.3 Å². The number of amides is 1. The van der Waals surface area contributed by atoms with Gasteiger partial charge in [-0.25, -0.2) is 8.42 Å². The number of pyridine rings is 1. The molecular formula is C10H12F3N3O4S. The summed E-state index contributed by atoms with van der Waals surface area (Å²) in [6.07, 6.45) is -2.44. The molecule has 7 nitrogen and oxygen atoms in total. The Bertz CT molecular complexity index is 669. The van der Waals surface area contributed by atoms with Crippen molar-refractivity contribution in [3.63, 3.8) is 0 Å². The smallest absolute Gasteiger partial charge is 0.366 e. The molecule has 2 N–H and O–H groups in total. The van der Waals surface area contributed by atoms with Crippen molar-refractivity contribution < 1.29 is 26.4 Å². The minimum Gasteiger partial charge on any atom is -0.366 e. The van der Waals surface area contributed by atoms with Crippen molar-refractivity contribution in [3.8, 4) is 0 Å². The Morgan fingerprint density at radius 1 is 1.43 bits per heavy atom. The first kappa shape index (κ1) is 17.2. The van der Waals surface area contributed by atoms with Crippen LogP contribution in [0.1, 0.15) is 0 Å². The Kier molecular flexibility index (Phi) is 5.12. The van der Waals surface area contributed by atoms with E-state index >= 15 is 0 Å². The fourth-order valence-electron chi connectivity index (χ4n) is 1.31. The molecule has 0 aliphatic carbocycles. The van der Waals surface area contributed by atoms with Crippen LogP contribution in [0, 0.1) is 0 Å². The van der Waals surface area contributed by atoms with Crippen LogP contribution in [0.4, 0.5) is 13.2 Å². The molecule has 1 amide bonds. The predicted molar refractivity (Wildman–Crippen MR) is 65.9 cm³/mol. The number of hydrogen-bond acceptors (Lipinski definition) is 4. The minimum atomic E-state index is -4.59. The van der Waals surface area contributed by atoms with Crippen LogP contribution in [-0.4, -0.2) is 49.9 Å². The van der Waals surface area contributed by atoms with Crippen molar-refractivity contribution in [1.82, 2.24) is 14.6 Å². The highest BCUT2D eigenvalue weighted by molar-refractivity contribution is 7.89. The molecule has 1 rings (SSSR count). The normalized spacial score (nSPS) is 12.4. The molecule has 0 atom stereocenters. The van der Waals surface area contributed by atoms with E-state index in [9.17, 15) is 31.2 Å². The average Bonchev–Trinajstić information content (AvgIpc) is 2.35. The number of likely N-dealkylation sites (N-methyl/N-ethyl adjacent to an activating group) is 1. The van der Waals surface area contributed by atoms with Crippen molar-refractivity contribution in [2.75, 3.05) is 20.1 Å². The monoisotopic (exact) mass is 327 g/mol. The van der Waals surface area contributed by atoms with Crippen molar-refractivity contribution in [2.24, 2.45) is 0 Å². The lowest BCUT2D eigenvalue weighted by Gasteiger charge is -2.16. The molecule has 0 aromatic carbocycles. The second-order valence-corrected chi connectivity index (χ2v) is 6.04. The number of sulfonamides is 1. The quantitative estimate of drug-likeness (QED) is 0.774. The fourth-order valence-corrected chi connectivity index (χ4v) is 2.47. The highest BCUT2D eigenvalue weighted by atomic mass is 32.2. The first-order valence-electron chi connectivity index (χ1n) is 5.51. The maximum absolute atomic E-state index is 12.0. The van der Waals surface area contributed by atoms with Gasteiger partial charge < -0.3 is 10.3 Å². The minimum absolute atomic E-state index is 0.489. The zero-order valence-electron chi connectivity index (χ0n) is 10.8. The lowest BCUT2D eigenvalue weighted by atomic mass is 10.5. The average molecular weight is 327 g/mol. The molecule has 0 saturated carbocycles. The summed E-state index contributed by atoms with van der Waals surface area (Å²) in [4.78, 5) is 24.5. The van der Waals surface area contributed by atoms with E-state index in [2.05, 4.69) is 4.98 Å². The number of rotatable bonds is 5. The van der Waals surface area contributed by atoms with Crippen LogP contribution in [0.25, 0.3) is 0 Å². The zero-order chi connectivity index (χ0) is 16.3. The van der Waals surface area contributed by atoms with Gasteiger partial charge >= 0.3 is 6.18 Å². The molecule has 0 radical (unpaired) electrons. The molecule has 1 heterocycles. The molecular weight excluding hydrogens is 315 g/mol. The van der Waals surface area contributed by atoms with Crippen LogP contribution in [0.2, 0.25) is 0 Å². The lowest BCUT2D eigenvalue weighted by Crippen LogP contribution is -2.42. The van der Waals surface area contributed by atoms with E-state index in [1.807, 2.05) is 0 Å². The Morgan fingerprint density at radius 2 is 2.05 bits per heavy atom. The number of aromatic amines is 1. The number of aromatic nitrogens is 1. The number of halogens is 3.